The minimum absolute atomic E-state index is 0.116. The molecule has 3 aromatic carbocycles. The molecule has 1 aliphatic heterocycles. The number of carbonyl (C=O) groups excluding carboxylic acids is 1. The average molecular weight is 360 g/mol. The Kier molecular flexibility index (Phi) is 4.20. The van der Waals surface area contributed by atoms with E-state index in [0.29, 0.717) is 18.8 Å². The molecule has 27 heavy (non-hydrogen) atoms. The molecule has 5 heteroatoms. The quantitative estimate of drug-likeness (QED) is 0.481. The minimum atomic E-state index is -0.268. The highest BCUT2D eigenvalue weighted by Crippen LogP contribution is 2.35. The fraction of sp³-hybridized carbons (Fsp3) is 0.136. The largest absolute Gasteiger partial charge is 0.507 e. The van der Waals surface area contributed by atoms with Crippen LogP contribution in [0.5, 0.6) is 11.5 Å². The SMILES string of the molecule is Cc1ccc(Nc2cc(C(=O)N3Cc4ccccc4C3)c(O)cc2O)cc1. The lowest BCUT2D eigenvalue weighted by Gasteiger charge is -2.18. The van der Waals surface area contributed by atoms with Crippen LogP contribution in [0.1, 0.15) is 27.0 Å². The van der Waals surface area contributed by atoms with E-state index in [4.69, 9.17) is 0 Å². The summed E-state index contributed by atoms with van der Waals surface area (Å²) in [6, 6.07) is 18.3. The van der Waals surface area contributed by atoms with Crippen molar-refractivity contribution in [3.05, 3.63) is 82.9 Å². The Bertz CT molecular complexity index is 988. The summed E-state index contributed by atoms with van der Waals surface area (Å²) < 4.78 is 0. The van der Waals surface area contributed by atoms with Gasteiger partial charge in [0.05, 0.1) is 11.3 Å². The van der Waals surface area contributed by atoms with Crippen molar-refractivity contribution in [2.75, 3.05) is 5.32 Å². The van der Waals surface area contributed by atoms with Gasteiger partial charge in [-0.05, 0) is 36.2 Å². The topological polar surface area (TPSA) is 72.8 Å². The number of carbonyl (C=O) groups is 1. The Morgan fingerprint density at radius 2 is 1.56 bits per heavy atom. The number of aryl methyl sites for hydroxylation is 1. The summed E-state index contributed by atoms with van der Waals surface area (Å²) in [7, 11) is 0. The minimum Gasteiger partial charge on any atom is -0.507 e. The van der Waals surface area contributed by atoms with E-state index >= 15 is 0 Å². The maximum absolute atomic E-state index is 13.0. The first kappa shape index (κ1) is 17.0. The molecule has 0 saturated heterocycles. The highest BCUT2D eigenvalue weighted by molar-refractivity contribution is 5.99. The van der Waals surface area contributed by atoms with Gasteiger partial charge >= 0.3 is 0 Å². The van der Waals surface area contributed by atoms with E-state index < -0.39 is 0 Å². The van der Waals surface area contributed by atoms with Gasteiger partial charge in [0.2, 0.25) is 0 Å². The molecule has 1 aliphatic rings. The van der Waals surface area contributed by atoms with Crippen LogP contribution < -0.4 is 5.32 Å². The molecule has 0 aromatic heterocycles. The number of hydrogen-bond donors (Lipinski definition) is 3. The summed E-state index contributed by atoms with van der Waals surface area (Å²) in [5.41, 5.74) is 4.67. The Hall–Kier alpha value is -3.47. The summed E-state index contributed by atoms with van der Waals surface area (Å²) >= 11 is 0. The number of anilines is 2. The lowest BCUT2D eigenvalue weighted by Crippen LogP contribution is -2.25. The second-order valence-corrected chi connectivity index (χ2v) is 6.81. The maximum atomic E-state index is 13.0. The van der Waals surface area contributed by atoms with E-state index in [1.807, 2.05) is 55.5 Å². The van der Waals surface area contributed by atoms with Gasteiger partial charge < -0.3 is 20.4 Å². The molecular weight excluding hydrogens is 340 g/mol. The summed E-state index contributed by atoms with van der Waals surface area (Å²) in [5, 5.41) is 23.5. The first-order valence-electron chi connectivity index (χ1n) is 8.77. The summed E-state index contributed by atoms with van der Waals surface area (Å²) in [4.78, 5) is 14.6. The molecular formula is C22H20N2O3. The normalized spacial score (nSPS) is 12.7. The van der Waals surface area contributed by atoms with Crippen LogP contribution >= 0.6 is 0 Å². The Balaban J connectivity index is 1.61. The number of phenols is 2. The van der Waals surface area contributed by atoms with Crippen LogP contribution in [0.3, 0.4) is 0 Å². The third-order valence-electron chi connectivity index (χ3n) is 4.80. The van der Waals surface area contributed by atoms with Gasteiger partial charge in [-0.1, -0.05) is 42.0 Å². The van der Waals surface area contributed by atoms with Crippen LogP contribution in [-0.4, -0.2) is 21.0 Å². The number of nitrogens with zero attached hydrogens (tertiary/aromatic N) is 1. The smallest absolute Gasteiger partial charge is 0.258 e. The van der Waals surface area contributed by atoms with Crippen molar-refractivity contribution in [1.29, 1.82) is 0 Å². The molecule has 0 atom stereocenters. The van der Waals surface area contributed by atoms with Crippen molar-refractivity contribution in [3.63, 3.8) is 0 Å². The molecule has 0 saturated carbocycles. The van der Waals surface area contributed by atoms with Crippen molar-refractivity contribution in [3.8, 4) is 11.5 Å². The summed E-state index contributed by atoms with van der Waals surface area (Å²) in [5.74, 6) is -0.618. The molecule has 1 amide bonds. The number of hydrogen-bond acceptors (Lipinski definition) is 4. The van der Waals surface area contributed by atoms with E-state index in [1.54, 1.807) is 4.90 Å². The monoisotopic (exact) mass is 360 g/mol. The Morgan fingerprint density at radius 3 is 2.19 bits per heavy atom. The van der Waals surface area contributed by atoms with Gasteiger partial charge in [0.15, 0.2) is 0 Å². The Morgan fingerprint density at radius 1 is 0.926 bits per heavy atom. The van der Waals surface area contributed by atoms with Gasteiger partial charge in [-0.15, -0.1) is 0 Å². The lowest BCUT2D eigenvalue weighted by atomic mass is 10.1. The second kappa shape index (κ2) is 6.68. The number of rotatable bonds is 3. The van der Waals surface area contributed by atoms with Gasteiger partial charge in [0, 0.05) is 24.8 Å². The molecule has 0 spiro atoms. The zero-order valence-electron chi connectivity index (χ0n) is 14.9. The van der Waals surface area contributed by atoms with Crippen molar-refractivity contribution in [1.82, 2.24) is 4.90 Å². The van der Waals surface area contributed by atoms with E-state index in [-0.39, 0.29) is 23.0 Å². The van der Waals surface area contributed by atoms with Gasteiger partial charge in [-0.2, -0.15) is 0 Å². The lowest BCUT2D eigenvalue weighted by molar-refractivity contribution is 0.0748. The number of amides is 1. The van der Waals surface area contributed by atoms with Crippen LogP contribution in [-0.2, 0) is 13.1 Å². The van der Waals surface area contributed by atoms with Crippen LogP contribution in [0.25, 0.3) is 0 Å². The van der Waals surface area contributed by atoms with Gasteiger partial charge in [0.1, 0.15) is 11.5 Å². The van der Waals surface area contributed by atoms with Crippen molar-refractivity contribution >= 4 is 17.3 Å². The molecule has 5 nitrogen and oxygen atoms in total. The third kappa shape index (κ3) is 3.31. The zero-order valence-corrected chi connectivity index (χ0v) is 14.9. The van der Waals surface area contributed by atoms with Gasteiger partial charge in [-0.3, -0.25) is 4.79 Å². The van der Waals surface area contributed by atoms with Crippen LogP contribution in [0.4, 0.5) is 11.4 Å². The molecule has 0 radical (unpaired) electrons. The van der Waals surface area contributed by atoms with Crippen molar-refractivity contribution in [2.24, 2.45) is 0 Å². The number of fused-ring (bicyclic) bond motifs is 1. The predicted molar refractivity (Wildman–Crippen MR) is 104 cm³/mol. The van der Waals surface area contributed by atoms with Crippen molar-refractivity contribution < 1.29 is 15.0 Å². The molecule has 0 fully saturated rings. The maximum Gasteiger partial charge on any atom is 0.258 e. The summed E-state index contributed by atoms with van der Waals surface area (Å²) in [6.07, 6.45) is 0. The van der Waals surface area contributed by atoms with Gasteiger partial charge in [-0.25, -0.2) is 0 Å². The summed E-state index contributed by atoms with van der Waals surface area (Å²) in [6.45, 7) is 3.01. The molecule has 0 unspecified atom stereocenters. The van der Waals surface area contributed by atoms with Crippen LogP contribution in [0.15, 0.2) is 60.7 Å². The fourth-order valence-electron chi connectivity index (χ4n) is 3.29. The van der Waals surface area contributed by atoms with E-state index in [2.05, 4.69) is 5.32 Å². The molecule has 0 bridgehead atoms. The number of aromatic hydroxyl groups is 2. The van der Waals surface area contributed by atoms with E-state index in [1.165, 1.54) is 12.1 Å². The number of nitrogens with one attached hydrogen (secondary N) is 1. The molecule has 3 aromatic rings. The first-order valence-corrected chi connectivity index (χ1v) is 8.77. The highest BCUT2D eigenvalue weighted by atomic mass is 16.3. The van der Waals surface area contributed by atoms with Gasteiger partial charge in [0.25, 0.3) is 5.91 Å². The molecule has 1 heterocycles. The third-order valence-corrected chi connectivity index (χ3v) is 4.80. The highest BCUT2D eigenvalue weighted by Gasteiger charge is 2.26. The standard InChI is InChI=1S/C22H20N2O3/c1-14-6-8-17(9-7-14)23-19-10-18(20(25)11-21(19)26)22(27)24-12-15-4-2-3-5-16(15)13-24/h2-11,23,25-26H,12-13H2,1H3. The first-order chi connectivity index (χ1) is 13.0. The second-order valence-electron chi connectivity index (χ2n) is 6.81. The number of phenolic OH excluding ortho intramolecular Hbond substituents is 2. The molecule has 3 N–H and O–H groups in total. The molecule has 0 aliphatic carbocycles. The molecule has 136 valence electrons. The van der Waals surface area contributed by atoms with Crippen molar-refractivity contribution in [2.45, 2.75) is 20.0 Å². The van der Waals surface area contributed by atoms with Crippen LogP contribution in [0, 0.1) is 6.92 Å². The predicted octanol–water partition coefficient (Wildman–Crippen LogP) is 4.31. The zero-order chi connectivity index (χ0) is 19.0. The van der Waals surface area contributed by atoms with E-state index in [0.717, 1.165) is 22.4 Å². The van der Waals surface area contributed by atoms with Crippen LogP contribution in [0.2, 0.25) is 0 Å². The Labute approximate surface area is 157 Å². The number of benzene rings is 3. The molecule has 4 rings (SSSR count). The van der Waals surface area contributed by atoms with E-state index in [9.17, 15) is 15.0 Å². The average Bonchev–Trinajstić information content (AvgIpc) is 3.09. The fourth-order valence-corrected chi connectivity index (χ4v) is 3.29.